The van der Waals surface area contributed by atoms with E-state index in [2.05, 4.69) is 46.2 Å². The molecule has 0 radical (unpaired) electrons. The lowest BCUT2D eigenvalue weighted by Gasteiger charge is -2.37. The van der Waals surface area contributed by atoms with Crippen molar-refractivity contribution in [1.29, 1.82) is 10.5 Å². The fourth-order valence-corrected chi connectivity index (χ4v) is 5.24. The molecule has 0 N–H and O–H groups in total. The molecule has 0 aromatic heterocycles. The van der Waals surface area contributed by atoms with Crippen molar-refractivity contribution in [2.24, 2.45) is 0 Å². The first-order valence-corrected chi connectivity index (χ1v) is 15.7. The highest BCUT2D eigenvalue weighted by atomic mass is 16.5. The van der Waals surface area contributed by atoms with Gasteiger partial charge in [0.1, 0.15) is 36.9 Å². The third kappa shape index (κ3) is 10.7. The lowest BCUT2D eigenvalue weighted by molar-refractivity contribution is -0.0345. The Morgan fingerprint density at radius 1 is 0.522 bits per heavy atom. The van der Waals surface area contributed by atoms with Crippen LogP contribution in [-0.4, -0.2) is 74.5 Å². The van der Waals surface area contributed by atoms with Crippen LogP contribution in [0.2, 0.25) is 0 Å². The number of hydrogen-bond donors (Lipinski definition) is 0. The summed E-state index contributed by atoms with van der Waals surface area (Å²) in [4.78, 5) is 4.86. The van der Waals surface area contributed by atoms with Gasteiger partial charge in [0.15, 0.2) is 0 Å². The van der Waals surface area contributed by atoms with E-state index in [9.17, 15) is 0 Å². The number of benzene rings is 4. The Morgan fingerprint density at radius 3 is 1.24 bits per heavy atom. The maximum absolute atomic E-state index is 9.10. The minimum atomic E-state index is -0.120. The van der Waals surface area contributed by atoms with E-state index < -0.39 is 0 Å². The molecule has 8 nitrogen and oxygen atoms in total. The van der Waals surface area contributed by atoms with E-state index in [-0.39, 0.29) is 12.2 Å². The SMILES string of the molecule is N#Cc1ccc(OCC(CN2CCN(CC(COc3ccc(C#N)cc3)OCc3ccccc3)CC2)OCc2ccccc2)cc1. The van der Waals surface area contributed by atoms with Crippen molar-refractivity contribution in [1.82, 2.24) is 9.80 Å². The molecule has 4 aromatic rings. The summed E-state index contributed by atoms with van der Waals surface area (Å²) in [6, 6.07) is 39.0. The van der Waals surface area contributed by atoms with E-state index in [1.165, 1.54) is 0 Å². The summed E-state index contributed by atoms with van der Waals surface area (Å²) in [6.07, 6.45) is -0.240. The molecule has 0 saturated carbocycles. The molecule has 0 bridgehead atoms. The Labute approximate surface area is 271 Å². The Bertz CT molecular complexity index is 1410. The number of nitriles is 2. The molecule has 4 aromatic carbocycles. The first kappa shape index (κ1) is 32.7. The predicted molar refractivity (Wildman–Crippen MR) is 176 cm³/mol. The summed E-state index contributed by atoms with van der Waals surface area (Å²) in [5, 5.41) is 18.2. The van der Waals surface area contributed by atoms with E-state index in [0.29, 0.717) is 37.6 Å². The van der Waals surface area contributed by atoms with Crippen molar-refractivity contribution >= 4 is 0 Å². The highest BCUT2D eigenvalue weighted by Gasteiger charge is 2.24. The fourth-order valence-electron chi connectivity index (χ4n) is 5.24. The number of rotatable bonds is 16. The van der Waals surface area contributed by atoms with Crippen LogP contribution in [-0.2, 0) is 22.7 Å². The first-order valence-electron chi connectivity index (χ1n) is 15.7. The molecule has 8 heteroatoms. The van der Waals surface area contributed by atoms with Crippen molar-refractivity contribution < 1.29 is 18.9 Å². The summed E-state index contributed by atoms with van der Waals surface area (Å²) in [6.45, 7) is 7.01. The van der Waals surface area contributed by atoms with E-state index in [1.54, 1.807) is 24.3 Å². The molecule has 236 valence electrons. The molecular weight excluding hydrogens is 576 g/mol. The van der Waals surface area contributed by atoms with E-state index in [4.69, 9.17) is 29.5 Å². The Hall–Kier alpha value is -4.70. The standard InChI is InChI=1S/C38H40N4O4/c39-23-31-11-15-35(16-12-31)45-29-37(43-27-33-7-3-1-4-8-33)25-41-19-21-42(22-20-41)26-38(44-28-34-9-5-2-6-10-34)30-46-36-17-13-32(24-40)14-18-36/h1-18,37-38H,19-22,25-30H2. The van der Waals surface area contributed by atoms with Crippen molar-refractivity contribution in [2.45, 2.75) is 25.4 Å². The lowest BCUT2D eigenvalue weighted by atomic mass is 10.2. The van der Waals surface area contributed by atoms with Crippen LogP contribution in [0.5, 0.6) is 11.5 Å². The van der Waals surface area contributed by atoms with Gasteiger partial charge >= 0.3 is 0 Å². The molecule has 0 amide bonds. The lowest BCUT2D eigenvalue weighted by Crippen LogP contribution is -2.51. The Morgan fingerprint density at radius 2 is 0.891 bits per heavy atom. The molecule has 1 heterocycles. The summed E-state index contributed by atoms with van der Waals surface area (Å²) in [5.41, 5.74) is 3.46. The molecule has 5 rings (SSSR count). The van der Waals surface area contributed by atoms with Crippen molar-refractivity contribution in [2.75, 3.05) is 52.5 Å². The number of piperazine rings is 1. The zero-order chi connectivity index (χ0) is 31.8. The minimum absolute atomic E-state index is 0.120. The molecule has 2 atom stereocenters. The normalized spacial score (nSPS) is 14.9. The molecule has 0 aliphatic carbocycles. The second-order valence-corrected chi connectivity index (χ2v) is 11.3. The second kappa shape index (κ2) is 17.7. The van der Waals surface area contributed by atoms with Gasteiger partial charge in [0.2, 0.25) is 0 Å². The molecule has 1 aliphatic heterocycles. The number of nitrogens with zero attached hydrogens (tertiary/aromatic N) is 4. The molecule has 1 aliphatic rings. The van der Waals surface area contributed by atoms with Gasteiger partial charge in [-0.25, -0.2) is 0 Å². The highest BCUT2D eigenvalue weighted by Crippen LogP contribution is 2.16. The third-order valence-corrected chi connectivity index (χ3v) is 7.88. The number of ether oxygens (including phenoxy) is 4. The van der Waals surface area contributed by atoms with Gasteiger partial charge in [-0.2, -0.15) is 10.5 Å². The zero-order valence-electron chi connectivity index (χ0n) is 26.0. The molecule has 46 heavy (non-hydrogen) atoms. The van der Waals surface area contributed by atoms with Crippen LogP contribution < -0.4 is 9.47 Å². The van der Waals surface area contributed by atoms with Gasteiger partial charge < -0.3 is 18.9 Å². The molecule has 2 unspecified atom stereocenters. The first-order chi connectivity index (χ1) is 22.7. The molecule has 1 fully saturated rings. The van der Waals surface area contributed by atoms with Crippen LogP contribution in [0.25, 0.3) is 0 Å². The highest BCUT2D eigenvalue weighted by molar-refractivity contribution is 5.35. The van der Waals surface area contributed by atoms with E-state index >= 15 is 0 Å². The van der Waals surface area contributed by atoms with Crippen molar-refractivity contribution in [3.05, 3.63) is 131 Å². The van der Waals surface area contributed by atoms with Gasteiger partial charge in [-0.1, -0.05) is 60.7 Å². The van der Waals surface area contributed by atoms with Crippen LogP contribution in [0.3, 0.4) is 0 Å². The van der Waals surface area contributed by atoms with Gasteiger partial charge in [-0.15, -0.1) is 0 Å². The van der Waals surface area contributed by atoms with Crippen LogP contribution in [0, 0.1) is 22.7 Å². The van der Waals surface area contributed by atoms with E-state index in [0.717, 1.165) is 61.9 Å². The predicted octanol–water partition coefficient (Wildman–Crippen LogP) is 5.68. The summed E-state index contributed by atoms with van der Waals surface area (Å²) in [7, 11) is 0. The van der Waals surface area contributed by atoms with Crippen LogP contribution in [0.1, 0.15) is 22.3 Å². The largest absolute Gasteiger partial charge is 0.491 e. The van der Waals surface area contributed by atoms with Crippen LogP contribution in [0.4, 0.5) is 0 Å². The third-order valence-electron chi connectivity index (χ3n) is 7.88. The number of hydrogen-bond acceptors (Lipinski definition) is 8. The fraction of sp³-hybridized carbons (Fsp3) is 0.316. The maximum atomic E-state index is 9.10. The quantitative estimate of drug-likeness (QED) is 0.159. The Kier molecular flexibility index (Phi) is 12.6. The zero-order valence-corrected chi connectivity index (χ0v) is 26.0. The van der Waals surface area contributed by atoms with Crippen LogP contribution >= 0.6 is 0 Å². The summed E-state index contributed by atoms with van der Waals surface area (Å²) < 4.78 is 24.9. The smallest absolute Gasteiger partial charge is 0.119 e. The molecule has 0 spiro atoms. The van der Waals surface area contributed by atoms with Gasteiger partial charge in [0, 0.05) is 39.3 Å². The van der Waals surface area contributed by atoms with Crippen LogP contribution in [0.15, 0.2) is 109 Å². The Balaban J connectivity index is 1.14. The topological polar surface area (TPSA) is 91.0 Å². The monoisotopic (exact) mass is 616 g/mol. The summed E-state index contributed by atoms with van der Waals surface area (Å²) >= 11 is 0. The van der Waals surface area contributed by atoms with Crippen molar-refractivity contribution in [3.8, 4) is 23.6 Å². The maximum Gasteiger partial charge on any atom is 0.119 e. The molecular formula is C38H40N4O4. The average molecular weight is 617 g/mol. The van der Waals surface area contributed by atoms with Crippen molar-refractivity contribution in [3.63, 3.8) is 0 Å². The average Bonchev–Trinajstić information content (AvgIpc) is 3.12. The van der Waals surface area contributed by atoms with Gasteiger partial charge in [-0.3, -0.25) is 9.80 Å². The second-order valence-electron chi connectivity index (χ2n) is 11.3. The van der Waals surface area contributed by atoms with Gasteiger partial charge in [0.05, 0.1) is 36.5 Å². The summed E-state index contributed by atoms with van der Waals surface area (Å²) in [5.74, 6) is 1.45. The minimum Gasteiger partial charge on any atom is -0.491 e. The van der Waals surface area contributed by atoms with E-state index in [1.807, 2.05) is 60.7 Å². The molecule has 1 saturated heterocycles. The van der Waals surface area contributed by atoms with Gasteiger partial charge in [0.25, 0.3) is 0 Å². The van der Waals surface area contributed by atoms with Gasteiger partial charge in [-0.05, 0) is 59.7 Å².